The Balaban J connectivity index is 1.44. The lowest BCUT2D eigenvalue weighted by molar-refractivity contribution is -0.383. The van der Waals surface area contributed by atoms with Crippen molar-refractivity contribution in [3.63, 3.8) is 0 Å². The molecule has 4 nitrogen and oxygen atoms in total. The number of fused-ring (bicyclic) bond motifs is 3. The van der Waals surface area contributed by atoms with Crippen LogP contribution in [0.2, 0.25) is 0 Å². The van der Waals surface area contributed by atoms with E-state index < -0.39 is 0 Å². The molecule has 0 bridgehead atoms. The minimum absolute atomic E-state index is 0.0675. The fourth-order valence-electron chi connectivity index (χ4n) is 7.25. The molecule has 3 aromatic rings. The molecule has 0 spiro atoms. The number of benzene rings is 3. The van der Waals surface area contributed by atoms with Crippen LogP contribution in [0.15, 0.2) is 66.7 Å². The van der Waals surface area contributed by atoms with Crippen LogP contribution in [0.3, 0.4) is 0 Å². The molecule has 3 aromatic carbocycles. The van der Waals surface area contributed by atoms with Gasteiger partial charge in [0.25, 0.3) is 5.69 Å². The normalized spacial score (nSPS) is 25.2. The van der Waals surface area contributed by atoms with Crippen molar-refractivity contribution in [2.45, 2.75) is 71.1 Å². The maximum Gasteiger partial charge on any atom is 0.300 e. The Morgan fingerprint density at radius 1 is 1.03 bits per heavy atom. The lowest BCUT2D eigenvalue weighted by Gasteiger charge is -2.55. The van der Waals surface area contributed by atoms with E-state index in [9.17, 15) is 10.1 Å². The minimum atomic E-state index is -0.235. The predicted octanol–water partition coefficient (Wildman–Crippen LogP) is 8.51. The summed E-state index contributed by atoms with van der Waals surface area (Å²) in [5, 5.41) is 15.8. The number of nitro groups is 1. The first kappa shape index (κ1) is 24.5. The number of rotatable bonds is 6. The lowest BCUT2D eigenvalue weighted by Crippen LogP contribution is -2.51. The number of nitrogens with zero attached hydrogens (tertiary/aromatic N) is 1. The Hall–Kier alpha value is -3.14. The van der Waals surface area contributed by atoms with Gasteiger partial charge in [-0.15, -0.1) is 0 Å². The monoisotopic (exact) mass is 482 g/mol. The van der Waals surface area contributed by atoms with Crippen LogP contribution < -0.4 is 5.32 Å². The summed E-state index contributed by atoms with van der Waals surface area (Å²) in [6, 6.07) is 22.5. The van der Waals surface area contributed by atoms with E-state index in [-0.39, 0.29) is 21.4 Å². The number of aryl methyl sites for hydroxylation is 1. The second-order valence-corrected chi connectivity index (χ2v) is 11.8. The van der Waals surface area contributed by atoms with Gasteiger partial charge in [-0.1, -0.05) is 88.7 Å². The number of anilines is 1. The molecule has 1 fully saturated rings. The van der Waals surface area contributed by atoms with Gasteiger partial charge in [-0.3, -0.25) is 10.1 Å². The molecule has 1 saturated carbocycles. The highest BCUT2D eigenvalue weighted by molar-refractivity contribution is 5.82. The van der Waals surface area contributed by atoms with Crippen LogP contribution in [0.25, 0.3) is 11.1 Å². The highest BCUT2D eigenvalue weighted by Gasteiger charge is 2.51. The number of nitrogens with one attached hydrogen (secondary N) is 1. The first-order chi connectivity index (χ1) is 17.2. The summed E-state index contributed by atoms with van der Waals surface area (Å²) in [7, 11) is 0. The fraction of sp³-hybridized carbons (Fsp3) is 0.438. The van der Waals surface area contributed by atoms with Crippen molar-refractivity contribution in [3.05, 3.63) is 93.5 Å². The highest BCUT2D eigenvalue weighted by atomic mass is 16.6. The largest absolute Gasteiger partial charge is 0.379 e. The van der Waals surface area contributed by atoms with Gasteiger partial charge in [0.1, 0.15) is 5.69 Å². The standard InChI is InChI=1S/C32H38N2O2/c1-22(2)24-14-16-27-25(20-24)15-17-29-31(3,18-9-19-32(27,29)4)21-33-28-13-8-12-26(30(28)34(35)36)23-10-6-5-7-11-23/h5-8,10-14,16,20,22,29,33H,9,15,17-19,21H2,1-4H3/t29-,31+,32+/m0/s1. The molecule has 0 aliphatic heterocycles. The average molecular weight is 483 g/mol. The van der Waals surface area contributed by atoms with Gasteiger partial charge in [-0.25, -0.2) is 0 Å². The van der Waals surface area contributed by atoms with E-state index in [1.807, 2.05) is 48.5 Å². The van der Waals surface area contributed by atoms with Crippen LogP contribution in [-0.4, -0.2) is 11.5 Å². The Morgan fingerprint density at radius 3 is 2.53 bits per heavy atom. The van der Waals surface area contributed by atoms with Gasteiger partial charge in [-0.2, -0.15) is 0 Å². The zero-order chi connectivity index (χ0) is 25.5. The number of hydrogen-bond donors (Lipinski definition) is 1. The quantitative estimate of drug-likeness (QED) is 0.283. The molecular formula is C32H38N2O2. The van der Waals surface area contributed by atoms with Gasteiger partial charge in [0.2, 0.25) is 0 Å². The summed E-state index contributed by atoms with van der Waals surface area (Å²) in [6.07, 6.45) is 5.84. The van der Waals surface area contributed by atoms with Crippen LogP contribution in [0.4, 0.5) is 11.4 Å². The van der Waals surface area contributed by atoms with Crippen LogP contribution in [0, 0.1) is 21.4 Å². The van der Waals surface area contributed by atoms with Gasteiger partial charge >= 0.3 is 0 Å². The molecule has 0 radical (unpaired) electrons. The molecule has 36 heavy (non-hydrogen) atoms. The molecule has 0 amide bonds. The minimum Gasteiger partial charge on any atom is -0.379 e. The molecule has 5 rings (SSSR count). The summed E-state index contributed by atoms with van der Waals surface area (Å²) in [5.41, 5.74) is 7.03. The van der Waals surface area contributed by atoms with Crippen molar-refractivity contribution >= 4 is 11.4 Å². The van der Waals surface area contributed by atoms with Crippen molar-refractivity contribution < 1.29 is 4.92 Å². The van der Waals surface area contributed by atoms with Crippen molar-refractivity contribution in [3.8, 4) is 11.1 Å². The van der Waals surface area contributed by atoms with E-state index in [4.69, 9.17) is 0 Å². The Kier molecular flexibility index (Phi) is 6.40. The van der Waals surface area contributed by atoms with E-state index in [2.05, 4.69) is 51.2 Å². The first-order valence-corrected chi connectivity index (χ1v) is 13.4. The van der Waals surface area contributed by atoms with Gasteiger partial charge in [0.05, 0.1) is 10.5 Å². The average Bonchev–Trinajstić information content (AvgIpc) is 2.87. The number of nitro benzene ring substituents is 1. The van der Waals surface area contributed by atoms with Crippen LogP contribution in [-0.2, 0) is 11.8 Å². The van der Waals surface area contributed by atoms with Gasteiger partial charge in [0, 0.05) is 6.54 Å². The van der Waals surface area contributed by atoms with Gasteiger partial charge < -0.3 is 5.32 Å². The van der Waals surface area contributed by atoms with E-state index in [1.54, 1.807) is 0 Å². The summed E-state index contributed by atoms with van der Waals surface area (Å²) in [6.45, 7) is 10.2. The van der Waals surface area contributed by atoms with Crippen molar-refractivity contribution in [2.24, 2.45) is 11.3 Å². The smallest absolute Gasteiger partial charge is 0.300 e. The van der Waals surface area contributed by atoms with Crippen LogP contribution in [0.1, 0.15) is 76.0 Å². The number of hydrogen-bond acceptors (Lipinski definition) is 3. The van der Waals surface area contributed by atoms with Gasteiger partial charge in [0.15, 0.2) is 0 Å². The third kappa shape index (κ3) is 4.21. The van der Waals surface area contributed by atoms with Crippen molar-refractivity contribution in [2.75, 3.05) is 11.9 Å². The Morgan fingerprint density at radius 2 is 1.81 bits per heavy atom. The zero-order valence-electron chi connectivity index (χ0n) is 22.0. The van der Waals surface area contributed by atoms with Crippen molar-refractivity contribution in [1.82, 2.24) is 0 Å². The fourth-order valence-corrected chi connectivity index (χ4v) is 7.25. The molecule has 1 N–H and O–H groups in total. The lowest BCUT2D eigenvalue weighted by atomic mass is 9.49. The first-order valence-electron chi connectivity index (χ1n) is 13.4. The van der Waals surface area contributed by atoms with Crippen molar-refractivity contribution in [1.29, 1.82) is 0 Å². The molecule has 0 saturated heterocycles. The van der Waals surface area contributed by atoms with Crippen LogP contribution >= 0.6 is 0 Å². The maximum absolute atomic E-state index is 12.2. The second-order valence-electron chi connectivity index (χ2n) is 11.8. The molecular weight excluding hydrogens is 444 g/mol. The summed E-state index contributed by atoms with van der Waals surface area (Å²) in [5.74, 6) is 1.09. The molecule has 0 unspecified atom stereocenters. The Labute approximate surface area is 215 Å². The molecule has 2 aliphatic carbocycles. The van der Waals surface area contributed by atoms with E-state index in [1.165, 1.54) is 36.0 Å². The molecule has 2 aliphatic rings. The summed E-state index contributed by atoms with van der Waals surface area (Å²) in [4.78, 5) is 12.0. The zero-order valence-corrected chi connectivity index (χ0v) is 22.0. The number of para-hydroxylation sites is 1. The third-order valence-electron chi connectivity index (χ3n) is 9.15. The molecule has 0 heterocycles. The van der Waals surface area contributed by atoms with Gasteiger partial charge in [-0.05, 0) is 82.7 Å². The van der Waals surface area contributed by atoms with E-state index in [0.717, 1.165) is 24.9 Å². The SMILES string of the molecule is CC(C)c1ccc2c(c1)CC[C@H]1[C@@](C)(CNc3cccc(-c4ccccc4)c3[N+](=O)[O-])CCC[C@]21C. The summed E-state index contributed by atoms with van der Waals surface area (Å²) >= 11 is 0. The Bertz CT molecular complexity index is 1270. The second kappa shape index (κ2) is 9.38. The third-order valence-corrected chi connectivity index (χ3v) is 9.15. The molecule has 4 heteroatoms. The van der Waals surface area contributed by atoms with E-state index in [0.29, 0.717) is 23.1 Å². The molecule has 188 valence electrons. The predicted molar refractivity (Wildman–Crippen MR) is 149 cm³/mol. The van der Waals surface area contributed by atoms with E-state index >= 15 is 0 Å². The highest BCUT2D eigenvalue weighted by Crippen LogP contribution is 2.57. The topological polar surface area (TPSA) is 55.2 Å². The molecule has 3 atom stereocenters. The molecule has 0 aromatic heterocycles. The maximum atomic E-state index is 12.2. The van der Waals surface area contributed by atoms with Crippen LogP contribution in [0.5, 0.6) is 0 Å². The summed E-state index contributed by atoms with van der Waals surface area (Å²) < 4.78 is 0.